The van der Waals surface area contributed by atoms with Gasteiger partial charge in [0.15, 0.2) is 0 Å². The van der Waals surface area contributed by atoms with E-state index in [-0.39, 0.29) is 30.5 Å². The second-order valence-electron chi connectivity index (χ2n) is 4.05. The SMILES string of the molecule is O=c1cc(CO)occ1OCc1cccc(OC(F)F)c1. The van der Waals surface area contributed by atoms with Gasteiger partial charge in [0.05, 0.1) is 0 Å². The fraction of sp³-hybridized carbons (Fsp3) is 0.214. The molecule has 112 valence electrons. The zero-order valence-corrected chi connectivity index (χ0v) is 10.8. The highest BCUT2D eigenvalue weighted by Gasteiger charge is 2.07. The number of aliphatic hydroxyl groups is 1. The van der Waals surface area contributed by atoms with Crippen molar-refractivity contribution in [3.8, 4) is 11.5 Å². The van der Waals surface area contributed by atoms with E-state index < -0.39 is 12.0 Å². The minimum atomic E-state index is -2.90. The quantitative estimate of drug-likeness (QED) is 0.886. The van der Waals surface area contributed by atoms with Gasteiger partial charge in [0.2, 0.25) is 11.2 Å². The van der Waals surface area contributed by atoms with Gasteiger partial charge in [-0.05, 0) is 17.7 Å². The fourth-order valence-corrected chi connectivity index (χ4v) is 1.60. The Labute approximate surface area is 118 Å². The normalized spacial score (nSPS) is 10.7. The average Bonchev–Trinajstić information content (AvgIpc) is 2.45. The summed E-state index contributed by atoms with van der Waals surface area (Å²) in [6.07, 6.45) is 1.09. The summed E-state index contributed by atoms with van der Waals surface area (Å²) in [6, 6.07) is 7.07. The van der Waals surface area contributed by atoms with Crippen LogP contribution in [-0.4, -0.2) is 11.7 Å². The Morgan fingerprint density at radius 2 is 2.10 bits per heavy atom. The molecule has 0 saturated carbocycles. The van der Waals surface area contributed by atoms with E-state index in [0.717, 1.165) is 12.3 Å². The Morgan fingerprint density at radius 3 is 2.76 bits per heavy atom. The van der Waals surface area contributed by atoms with Crippen LogP contribution in [0.4, 0.5) is 8.78 Å². The molecule has 0 fully saturated rings. The molecular weight excluding hydrogens is 286 g/mol. The van der Waals surface area contributed by atoms with Gasteiger partial charge in [-0.25, -0.2) is 0 Å². The standard InChI is InChI=1S/C14H12F2O5/c15-14(16)21-10-3-1-2-9(4-10)7-20-13-8-19-11(6-17)5-12(13)18/h1-5,8,14,17H,6-7H2. The summed E-state index contributed by atoms with van der Waals surface area (Å²) in [5.41, 5.74) is 0.115. The van der Waals surface area contributed by atoms with Crippen LogP contribution >= 0.6 is 0 Å². The molecule has 0 aliphatic rings. The molecule has 0 spiro atoms. The third-order valence-corrected chi connectivity index (χ3v) is 2.53. The first kappa shape index (κ1) is 15.0. The first-order chi connectivity index (χ1) is 10.1. The lowest BCUT2D eigenvalue weighted by Crippen LogP contribution is -2.08. The molecule has 0 radical (unpaired) electrons. The van der Waals surface area contributed by atoms with E-state index in [1.807, 2.05) is 0 Å². The summed E-state index contributed by atoms with van der Waals surface area (Å²) in [4.78, 5) is 11.6. The maximum Gasteiger partial charge on any atom is 0.387 e. The van der Waals surface area contributed by atoms with Gasteiger partial charge < -0.3 is 19.0 Å². The van der Waals surface area contributed by atoms with Gasteiger partial charge in [0, 0.05) is 6.07 Å². The van der Waals surface area contributed by atoms with E-state index in [0.29, 0.717) is 5.56 Å². The van der Waals surface area contributed by atoms with Crippen LogP contribution in [0.1, 0.15) is 11.3 Å². The van der Waals surface area contributed by atoms with E-state index in [1.165, 1.54) is 18.2 Å². The van der Waals surface area contributed by atoms with Crippen molar-refractivity contribution in [1.82, 2.24) is 0 Å². The molecule has 0 bridgehead atoms. The molecule has 0 unspecified atom stereocenters. The van der Waals surface area contributed by atoms with E-state index in [2.05, 4.69) is 4.74 Å². The number of alkyl halides is 2. The van der Waals surface area contributed by atoms with Crippen LogP contribution in [0.5, 0.6) is 11.5 Å². The summed E-state index contributed by atoms with van der Waals surface area (Å²) >= 11 is 0. The zero-order chi connectivity index (χ0) is 15.2. The Morgan fingerprint density at radius 1 is 1.29 bits per heavy atom. The van der Waals surface area contributed by atoms with Crippen molar-refractivity contribution in [3.05, 3.63) is 58.1 Å². The lowest BCUT2D eigenvalue weighted by atomic mass is 10.2. The van der Waals surface area contributed by atoms with Gasteiger partial charge in [-0.1, -0.05) is 12.1 Å². The molecule has 2 rings (SSSR count). The van der Waals surface area contributed by atoms with Crippen molar-refractivity contribution in [3.63, 3.8) is 0 Å². The number of aliphatic hydroxyl groups excluding tert-OH is 1. The lowest BCUT2D eigenvalue weighted by Gasteiger charge is -2.08. The van der Waals surface area contributed by atoms with Crippen LogP contribution in [0.2, 0.25) is 0 Å². The van der Waals surface area contributed by atoms with Crippen molar-refractivity contribution in [1.29, 1.82) is 0 Å². The minimum Gasteiger partial charge on any atom is -0.482 e. The molecule has 21 heavy (non-hydrogen) atoms. The van der Waals surface area contributed by atoms with Crippen LogP contribution in [0, 0.1) is 0 Å². The molecular formula is C14H12F2O5. The summed E-state index contributed by atoms with van der Waals surface area (Å²) in [7, 11) is 0. The number of rotatable bonds is 6. The van der Waals surface area contributed by atoms with Crippen LogP contribution < -0.4 is 14.9 Å². The van der Waals surface area contributed by atoms with E-state index in [1.54, 1.807) is 6.07 Å². The Hall–Kier alpha value is -2.41. The van der Waals surface area contributed by atoms with Gasteiger partial charge in [0.1, 0.15) is 31.0 Å². The molecule has 1 N–H and O–H groups in total. The number of benzene rings is 1. The van der Waals surface area contributed by atoms with Gasteiger partial charge in [-0.3, -0.25) is 4.79 Å². The predicted molar refractivity (Wildman–Crippen MR) is 68.3 cm³/mol. The molecule has 0 saturated heterocycles. The molecule has 1 aromatic heterocycles. The van der Waals surface area contributed by atoms with Crippen molar-refractivity contribution in [2.75, 3.05) is 0 Å². The maximum absolute atomic E-state index is 12.1. The largest absolute Gasteiger partial charge is 0.482 e. The fourth-order valence-electron chi connectivity index (χ4n) is 1.60. The van der Waals surface area contributed by atoms with Crippen LogP contribution in [-0.2, 0) is 13.2 Å². The molecule has 5 nitrogen and oxygen atoms in total. The molecule has 0 aliphatic carbocycles. The van der Waals surface area contributed by atoms with Crippen molar-refractivity contribution < 1.29 is 27.8 Å². The molecule has 0 atom stereocenters. The van der Waals surface area contributed by atoms with Gasteiger partial charge >= 0.3 is 6.61 Å². The summed E-state index contributed by atoms with van der Waals surface area (Å²) < 4.78 is 38.7. The zero-order valence-electron chi connectivity index (χ0n) is 10.8. The first-order valence-corrected chi connectivity index (χ1v) is 5.97. The lowest BCUT2D eigenvalue weighted by molar-refractivity contribution is -0.0499. The molecule has 7 heteroatoms. The third kappa shape index (κ3) is 4.28. The number of halogens is 2. The molecule has 1 aromatic carbocycles. The maximum atomic E-state index is 12.1. The average molecular weight is 298 g/mol. The summed E-state index contributed by atoms with van der Waals surface area (Å²) in [5, 5.41) is 8.81. The highest BCUT2D eigenvalue weighted by Crippen LogP contribution is 2.17. The van der Waals surface area contributed by atoms with Gasteiger partial charge in [-0.2, -0.15) is 8.78 Å². The number of hydrogen-bond acceptors (Lipinski definition) is 5. The highest BCUT2D eigenvalue weighted by atomic mass is 19.3. The Bertz CT molecular complexity index is 654. The monoisotopic (exact) mass is 298 g/mol. The molecule has 1 heterocycles. The van der Waals surface area contributed by atoms with Crippen molar-refractivity contribution >= 4 is 0 Å². The van der Waals surface area contributed by atoms with Crippen molar-refractivity contribution in [2.45, 2.75) is 19.8 Å². The summed E-state index contributed by atoms with van der Waals surface area (Å²) in [5.74, 6) is 0.0980. The molecule has 0 aliphatic heterocycles. The minimum absolute atomic E-state index is 0.00811. The Kier molecular flexibility index (Phi) is 4.89. The van der Waals surface area contributed by atoms with Crippen molar-refractivity contribution in [2.24, 2.45) is 0 Å². The first-order valence-electron chi connectivity index (χ1n) is 5.97. The van der Waals surface area contributed by atoms with Crippen LogP contribution in [0.25, 0.3) is 0 Å². The third-order valence-electron chi connectivity index (χ3n) is 2.53. The van der Waals surface area contributed by atoms with E-state index in [9.17, 15) is 13.6 Å². The van der Waals surface area contributed by atoms with Crippen LogP contribution in [0.3, 0.4) is 0 Å². The topological polar surface area (TPSA) is 68.9 Å². The Balaban J connectivity index is 2.04. The second-order valence-corrected chi connectivity index (χ2v) is 4.05. The molecule has 0 amide bonds. The van der Waals surface area contributed by atoms with Gasteiger partial charge in [0.25, 0.3) is 0 Å². The predicted octanol–water partition coefficient (Wildman–Crippen LogP) is 2.31. The highest BCUT2D eigenvalue weighted by molar-refractivity contribution is 5.28. The van der Waals surface area contributed by atoms with Gasteiger partial charge in [-0.15, -0.1) is 0 Å². The van der Waals surface area contributed by atoms with E-state index in [4.69, 9.17) is 14.3 Å². The second kappa shape index (κ2) is 6.85. The number of hydrogen-bond donors (Lipinski definition) is 1. The smallest absolute Gasteiger partial charge is 0.387 e. The van der Waals surface area contributed by atoms with Crippen LogP contribution in [0.15, 0.2) is 45.8 Å². The number of ether oxygens (including phenoxy) is 2. The molecule has 2 aromatic rings. The summed E-state index contributed by atoms with van der Waals surface area (Å²) in [6.45, 7) is -3.30. The van der Waals surface area contributed by atoms with E-state index >= 15 is 0 Å².